The van der Waals surface area contributed by atoms with E-state index < -0.39 is 0 Å². The molecule has 0 unspecified atom stereocenters. The van der Waals surface area contributed by atoms with Crippen LogP contribution in [0.15, 0.2) is 24.3 Å². The van der Waals surface area contributed by atoms with Crippen molar-refractivity contribution in [3.05, 3.63) is 39.9 Å². The number of nitro groups is 1. The van der Waals surface area contributed by atoms with Crippen LogP contribution in [-0.4, -0.2) is 10.7 Å². The monoisotopic (exact) mass is 235 g/mol. The van der Waals surface area contributed by atoms with Crippen molar-refractivity contribution in [3.8, 4) is 0 Å². The highest BCUT2D eigenvalue weighted by Crippen LogP contribution is 2.20. The first-order valence-electron chi connectivity index (χ1n) is 5.77. The molecule has 0 atom stereocenters. The van der Waals surface area contributed by atoms with E-state index in [9.17, 15) is 14.9 Å². The van der Waals surface area contributed by atoms with Crippen molar-refractivity contribution in [2.24, 2.45) is 5.92 Å². The number of nitrogens with zero attached hydrogens (tertiary/aromatic N) is 1. The Hall–Kier alpha value is -1.71. The molecule has 0 amide bonds. The zero-order valence-electron chi connectivity index (χ0n) is 10.2. The van der Waals surface area contributed by atoms with Crippen molar-refractivity contribution in [1.82, 2.24) is 0 Å². The second-order valence-electron chi connectivity index (χ2n) is 4.36. The molecular weight excluding hydrogens is 218 g/mol. The summed E-state index contributed by atoms with van der Waals surface area (Å²) >= 11 is 0. The molecule has 0 aliphatic heterocycles. The number of benzene rings is 1. The van der Waals surface area contributed by atoms with Gasteiger partial charge in [0.1, 0.15) is 5.78 Å². The Morgan fingerprint density at radius 3 is 2.59 bits per heavy atom. The van der Waals surface area contributed by atoms with Gasteiger partial charge in [0.05, 0.1) is 4.92 Å². The molecular formula is C13H17NO3. The van der Waals surface area contributed by atoms with Crippen molar-refractivity contribution in [2.45, 2.75) is 33.1 Å². The molecule has 0 saturated heterocycles. The van der Waals surface area contributed by atoms with E-state index >= 15 is 0 Å². The topological polar surface area (TPSA) is 60.2 Å². The summed E-state index contributed by atoms with van der Waals surface area (Å²) in [6.07, 6.45) is 1.74. The normalized spacial score (nSPS) is 10.5. The lowest BCUT2D eigenvalue weighted by Crippen LogP contribution is -2.07. The molecule has 1 aromatic rings. The summed E-state index contributed by atoms with van der Waals surface area (Å²) < 4.78 is 0. The number of nitro benzene ring substituents is 1. The molecule has 0 aromatic heterocycles. The number of carbonyl (C=O) groups is 1. The molecule has 92 valence electrons. The highest BCUT2D eigenvalue weighted by Gasteiger charge is 2.13. The smallest absolute Gasteiger partial charge is 0.272 e. The third-order valence-corrected chi connectivity index (χ3v) is 2.70. The number of ketones is 1. The van der Waals surface area contributed by atoms with Crippen LogP contribution in [0.25, 0.3) is 0 Å². The summed E-state index contributed by atoms with van der Waals surface area (Å²) in [7, 11) is 0. The number of Topliss-reactive ketones (excluding diaryl/α,β-unsaturated/α-hetero) is 1. The summed E-state index contributed by atoms with van der Waals surface area (Å²) in [5, 5.41) is 10.8. The van der Waals surface area contributed by atoms with Crippen molar-refractivity contribution in [2.75, 3.05) is 0 Å². The molecule has 1 rings (SSSR count). The molecule has 0 aliphatic carbocycles. The van der Waals surface area contributed by atoms with Crippen LogP contribution in [0.2, 0.25) is 0 Å². The molecule has 4 nitrogen and oxygen atoms in total. The fourth-order valence-corrected chi connectivity index (χ4v) is 1.64. The Balaban J connectivity index is 2.58. The lowest BCUT2D eigenvalue weighted by molar-refractivity contribution is -0.385. The second-order valence-corrected chi connectivity index (χ2v) is 4.36. The average Bonchev–Trinajstić information content (AvgIpc) is 2.29. The molecule has 0 fully saturated rings. The molecule has 0 aliphatic rings. The largest absolute Gasteiger partial charge is 0.299 e. The number of aryl methyl sites for hydroxylation is 1. The predicted molar refractivity (Wildman–Crippen MR) is 65.9 cm³/mol. The average molecular weight is 235 g/mol. The Morgan fingerprint density at radius 2 is 2.00 bits per heavy atom. The fourth-order valence-electron chi connectivity index (χ4n) is 1.64. The SMILES string of the molecule is CC(C)C(=O)CCCc1ccccc1[N+](=O)[O-]. The Bertz CT molecular complexity index is 413. The van der Waals surface area contributed by atoms with Crippen LogP contribution in [0.1, 0.15) is 32.3 Å². The summed E-state index contributed by atoms with van der Waals surface area (Å²) in [5.41, 5.74) is 0.846. The van der Waals surface area contributed by atoms with Gasteiger partial charge in [-0.2, -0.15) is 0 Å². The van der Waals surface area contributed by atoms with E-state index in [4.69, 9.17) is 0 Å². The Kier molecular flexibility index (Phi) is 4.82. The van der Waals surface area contributed by atoms with Crippen LogP contribution < -0.4 is 0 Å². The van der Waals surface area contributed by atoms with Gasteiger partial charge in [-0.05, 0) is 12.8 Å². The predicted octanol–water partition coefficient (Wildman–Crippen LogP) is 3.14. The minimum Gasteiger partial charge on any atom is -0.299 e. The lowest BCUT2D eigenvalue weighted by atomic mass is 10.0. The van der Waals surface area contributed by atoms with Gasteiger partial charge in [0.2, 0.25) is 0 Å². The molecule has 1 aromatic carbocycles. The molecule has 0 N–H and O–H groups in total. The van der Waals surface area contributed by atoms with Crippen molar-refractivity contribution in [1.29, 1.82) is 0 Å². The molecule has 0 radical (unpaired) electrons. The van der Waals surface area contributed by atoms with Crippen molar-refractivity contribution >= 4 is 11.5 Å². The lowest BCUT2D eigenvalue weighted by Gasteiger charge is -2.04. The Labute approximate surface area is 101 Å². The van der Waals surface area contributed by atoms with Crippen molar-refractivity contribution < 1.29 is 9.72 Å². The maximum atomic E-state index is 11.4. The quantitative estimate of drug-likeness (QED) is 0.562. The molecule has 0 saturated carbocycles. The van der Waals surface area contributed by atoms with Crippen LogP contribution in [0.5, 0.6) is 0 Å². The number of carbonyl (C=O) groups excluding carboxylic acids is 1. The van der Waals surface area contributed by atoms with E-state index in [1.54, 1.807) is 18.2 Å². The summed E-state index contributed by atoms with van der Waals surface area (Å²) in [6, 6.07) is 6.69. The third kappa shape index (κ3) is 3.98. The maximum Gasteiger partial charge on any atom is 0.272 e. The molecule has 0 heterocycles. The fraction of sp³-hybridized carbons (Fsp3) is 0.462. The van der Waals surface area contributed by atoms with E-state index in [0.717, 1.165) is 0 Å². The number of hydrogen-bond donors (Lipinski definition) is 0. The summed E-state index contributed by atoms with van der Waals surface area (Å²) in [6.45, 7) is 3.74. The second kappa shape index (κ2) is 6.13. The number of rotatable bonds is 6. The minimum atomic E-state index is -0.375. The van der Waals surface area contributed by atoms with E-state index in [0.29, 0.717) is 24.8 Å². The molecule has 0 spiro atoms. The van der Waals surface area contributed by atoms with Gasteiger partial charge in [-0.3, -0.25) is 14.9 Å². The third-order valence-electron chi connectivity index (χ3n) is 2.70. The number of hydrogen-bond acceptors (Lipinski definition) is 3. The standard InChI is InChI=1S/C13H17NO3/c1-10(2)13(15)9-5-7-11-6-3-4-8-12(11)14(16)17/h3-4,6,8,10H,5,7,9H2,1-2H3. The highest BCUT2D eigenvalue weighted by atomic mass is 16.6. The zero-order valence-corrected chi connectivity index (χ0v) is 10.2. The molecule has 17 heavy (non-hydrogen) atoms. The molecule has 4 heteroatoms. The van der Waals surface area contributed by atoms with E-state index in [2.05, 4.69) is 0 Å². The minimum absolute atomic E-state index is 0.0424. The van der Waals surface area contributed by atoms with Gasteiger partial charge >= 0.3 is 0 Å². The summed E-state index contributed by atoms with van der Waals surface area (Å²) in [5.74, 6) is 0.254. The summed E-state index contributed by atoms with van der Waals surface area (Å²) in [4.78, 5) is 21.8. The van der Waals surface area contributed by atoms with Gasteiger partial charge in [-0.25, -0.2) is 0 Å². The first-order chi connectivity index (χ1) is 8.02. The maximum absolute atomic E-state index is 11.4. The highest BCUT2D eigenvalue weighted by molar-refractivity contribution is 5.80. The van der Waals surface area contributed by atoms with Crippen LogP contribution in [0.4, 0.5) is 5.69 Å². The van der Waals surface area contributed by atoms with Crippen LogP contribution in [0.3, 0.4) is 0 Å². The van der Waals surface area contributed by atoms with Crippen LogP contribution in [0, 0.1) is 16.0 Å². The van der Waals surface area contributed by atoms with E-state index in [-0.39, 0.29) is 22.3 Å². The van der Waals surface area contributed by atoms with Gasteiger partial charge in [0.15, 0.2) is 0 Å². The van der Waals surface area contributed by atoms with E-state index in [1.807, 2.05) is 13.8 Å². The van der Waals surface area contributed by atoms with Gasteiger partial charge < -0.3 is 0 Å². The Morgan fingerprint density at radius 1 is 1.35 bits per heavy atom. The van der Waals surface area contributed by atoms with Gasteiger partial charge in [-0.1, -0.05) is 32.0 Å². The van der Waals surface area contributed by atoms with E-state index in [1.165, 1.54) is 6.07 Å². The van der Waals surface area contributed by atoms with Crippen LogP contribution >= 0.6 is 0 Å². The molecule has 0 bridgehead atoms. The first-order valence-corrected chi connectivity index (χ1v) is 5.77. The van der Waals surface area contributed by atoms with Gasteiger partial charge in [-0.15, -0.1) is 0 Å². The number of para-hydroxylation sites is 1. The zero-order chi connectivity index (χ0) is 12.8. The van der Waals surface area contributed by atoms with Crippen molar-refractivity contribution in [3.63, 3.8) is 0 Å². The van der Waals surface area contributed by atoms with Gasteiger partial charge in [0, 0.05) is 24.0 Å². The first kappa shape index (κ1) is 13.4. The van der Waals surface area contributed by atoms with Crippen LogP contribution in [-0.2, 0) is 11.2 Å². The van der Waals surface area contributed by atoms with Gasteiger partial charge in [0.25, 0.3) is 5.69 Å².